The lowest BCUT2D eigenvalue weighted by atomic mass is 10.3. The second-order valence-corrected chi connectivity index (χ2v) is 4.85. The number of aromatic nitrogens is 3. The van der Waals surface area contributed by atoms with Crippen molar-refractivity contribution >= 4 is 38.9 Å². The van der Waals surface area contributed by atoms with Crippen LogP contribution in [-0.2, 0) is 4.74 Å². The molecular formula is C10H10BrClN4O. The van der Waals surface area contributed by atoms with Crippen LogP contribution in [0.2, 0.25) is 5.28 Å². The molecular weight excluding hydrogens is 307 g/mol. The van der Waals surface area contributed by atoms with Crippen LogP contribution in [0.25, 0.3) is 5.65 Å². The Morgan fingerprint density at radius 3 is 2.82 bits per heavy atom. The Balaban J connectivity index is 2.06. The van der Waals surface area contributed by atoms with Gasteiger partial charge in [-0.25, -0.2) is 4.52 Å². The molecule has 1 aliphatic heterocycles. The standard InChI is InChI=1S/C10H10BrClN4O/c11-9-7(15-3-5-17-6-4-15)1-2-8-13-10(12)14-16(8)9/h1-2H,3-6H2. The molecule has 1 fully saturated rings. The lowest BCUT2D eigenvalue weighted by Gasteiger charge is -2.29. The van der Waals surface area contributed by atoms with Gasteiger partial charge in [-0.15, -0.1) is 5.10 Å². The Labute approximate surface area is 111 Å². The van der Waals surface area contributed by atoms with Crippen LogP contribution in [0, 0.1) is 0 Å². The molecule has 0 atom stereocenters. The van der Waals surface area contributed by atoms with Crippen molar-refractivity contribution in [1.29, 1.82) is 0 Å². The Kier molecular flexibility index (Phi) is 2.94. The van der Waals surface area contributed by atoms with Crippen molar-refractivity contribution in [2.45, 2.75) is 0 Å². The first kappa shape index (κ1) is 11.3. The molecule has 7 heteroatoms. The van der Waals surface area contributed by atoms with E-state index in [1.54, 1.807) is 4.52 Å². The molecule has 3 heterocycles. The maximum absolute atomic E-state index is 5.80. The number of pyridine rings is 1. The summed E-state index contributed by atoms with van der Waals surface area (Å²) >= 11 is 9.35. The fraction of sp³-hybridized carbons (Fsp3) is 0.400. The molecule has 0 spiro atoms. The van der Waals surface area contributed by atoms with E-state index in [1.807, 2.05) is 12.1 Å². The maximum Gasteiger partial charge on any atom is 0.243 e. The lowest BCUT2D eigenvalue weighted by Crippen LogP contribution is -2.36. The third kappa shape index (κ3) is 2.00. The van der Waals surface area contributed by atoms with E-state index in [9.17, 15) is 0 Å². The molecule has 0 N–H and O–H groups in total. The first-order chi connectivity index (χ1) is 8.25. The fourth-order valence-corrected chi connectivity index (χ4v) is 2.73. The normalized spacial score (nSPS) is 16.7. The first-order valence-corrected chi connectivity index (χ1v) is 6.46. The van der Waals surface area contributed by atoms with E-state index in [2.05, 4.69) is 30.9 Å². The maximum atomic E-state index is 5.80. The number of morpholine rings is 1. The molecule has 0 aliphatic carbocycles. The summed E-state index contributed by atoms with van der Waals surface area (Å²) in [6.07, 6.45) is 0. The zero-order chi connectivity index (χ0) is 11.8. The van der Waals surface area contributed by atoms with Crippen LogP contribution in [0.5, 0.6) is 0 Å². The van der Waals surface area contributed by atoms with Crippen molar-refractivity contribution in [2.24, 2.45) is 0 Å². The summed E-state index contributed by atoms with van der Waals surface area (Å²) in [5.41, 5.74) is 1.82. The van der Waals surface area contributed by atoms with Gasteiger partial charge in [-0.3, -0.25) is 0 Å². The summed E-state index contributed by atoms with van der Waals surface area (Å²) in [5, 5.41) is 4.39. The number of fused-ring (bicyclic) bond motifs is 1. The van der Waals surface area contributed by atoms with Crippen molar-refractivity contribution in [3.05, 3.63) is 22.0 Å². The summed E-state index contributed by atoms with van der Waals surface area (Å²) in [5.74, 6) is 0. The highest BCUT2D eigenvalue weighted by Gasteiger charge is 2.16. The highest BCUT2D eigenvalue weighted by Crippen LogP contribution is 2.27. The molecule has 0 saturated carbocycles. The van der Waals surface area contributed by atoms with E-state index >= 15 is 0 Å². The van der Waals surface area contributed by atoms with Crippen LogP contribution in [0.3, 0.4) is 0 Å². The van der Waals surface area contributed by atoms with Crippen LogP contribution in [0.4, 0.5) is 5.69 Å². The Morgan fingerprint density at radius 2 is 2.06 bits per heavy atom. The molecule has 0 aromatic carbocycles. The van der Waals surface area contributed by atoms with Crippen LogP contribution >= 0.6 is 27.5 Å². The van der Waals surface area contributed by atoms with E-state index in [-0.39, 0.29) is 5.28 Å². The van der Waals surface area contributed by atoms with Gasteiger partial charge in [0.1, 0.15) is 4.60 Å². The van der Waals surface area contributed by atoms with Crippen molar-refractivity contribution in [3.63, 3.8) is 0 Å². The van der Waals surface area contributed by atoms with Gasteiger partial charge in [0.05, 0.1) is 18.9 Å². The quantitative estimate of drug-likeness (QED) is 0.754. The predicted octanol–water partition coefficient (Wildman–Crippen LogP) is 1.98. The van der Waals surface area contributed by atoms with Gasteiger partial charge >= 0.3 is 0 Å². The van der Waals surface area contributed by atoms with Crippen LogP contribution < -0.4 is 4.90 Å². The molecule has 2 aromatic rings. The molecule has 0 bridgehead atoms. The summed E-state index contributed by atoms with van der Waals surface area (Å²) in [4.78, 5) is 6.36. The number of hydrogen-bond acceptors (Lipinski definition) is 4. The molecule has 1 saturated heterocycles. The zero-order valence-corrected chi connectivity index (χ0v) is 11.3. The summed E-state index contributed by atoms with van der Waals surface area (Å²) in [6.45, 7) is 3.27. The average Bonchev–Trinajstić information content (AvgIpc) is 2.72. The minimum Gasteiger partial charge on any atom is -0.378 e. The van der Waals surface area contributed by atoms with E-state index in [1.165, 1.54) is 0 Å². The zero-order valence-electron chi connectivity index (χ0n) is 8.94. The third-order valence-electron chi connectivity index (χ3n) is 2.75. The van der Waals surface area contributed by atoms with Gasteiger partial charge in [0.25, 0.3) is 0 Å². The monoisotopic (exact) mass is 316 g/mol. The molecule has 0 unspecified atom stereocenters. The molecule has 2 aromatic heterocycles. The summed E-state index contributed by atoms with van der Waals surface area (Å²) in [6, 6.07) is 3.93. The van der Waals surface area contributed by atoms with Crippen LogP contribution in [0.15, 0.2) is 16.7 Å². The van der Waals surface area contributed by atoms with Crippen LogP contribution in [0.1, 0.15) is 0 Å². The number of halogens is 2. The predicted molar refractivity (Wildman–Crippen MR) is 68.7 cm³/mol. The molecule has 3 rings (SSSR count). The number of hydrogen-bond donors (Lipinski definition) is 0. The Hall–Kier alpha value is -0.850. The highest BCUT2D eigenvalue weighted by molar-refractivity contribution is 9.10. The second-order valence-electron chi connectivity index (χ2n) is 3.76. The van der Waals surface area contributed by atoms with Crippen molar-refractivity contribution in [3.8, 4) is 0 Å². The largest absolute Gasteiger partial charge is 0.378 e. The molecule has 1 aliphatic rings. The first-order valence-electron chi connectivity index (χ1n) is 5.29. The van der Waals surface area contributed by atoms with Gasteiger partial charge in [-0.05, 0) is 39.7 Å². The minimum atomic E-state index is 0.254. The van der Waals surface area contributed by atoms with E-state index in [4.69, 9.17) is 16.3 Å². The van der Waals surface area contributed by atoms with E-state index in [0.717, 1.165) is 42.2 Å². The molecule has 0 radical (unpaired) electrons. The second kappa shape index (κ2) is 4.44. The van der Waals surface area contributed by atoms with Gasteiger partial charge in [0.2, 0.25) is 5.28 Å². The Morgan fingerprint density at radius 1 is 1.29 bits per heavy atom. The molecule has 0 amide bonds. The minimum absolute atomic E-state index is 0.254. The highest BCUT2D eigenvalue weighted by atomic mass is 79.9. The number of anilines is 1. The van der Waals surface area contributed by atoms with Gasteiger partial charge in [-0.1, -0.05) is 0 Å². The fourth-order valence-electron chi connectivity index (χ4n) is 1.92. The van der Waals surface area contributed by atoms with E-state index < -0.39 is 0 Å². The molecule has 5 nitrogen and oxygen atoms in total. The molecule has 90 valence electrons. The van der Waals surface area contributed by atoms with Gasteiger partial charge in [-0.2, -0.15) is 4.98 Å². The van der Waals surface area contributed by atoms with Gasteiger partial charge in [0, 0.05) is 13.1 Å². The third-order valence-corrected chi connectivity index (χ3v) is 3.65. The van der Waals surface area contributed by atoms with Crippen LogP contribution in [-0.4, -0.2) is 40.9 Å². The van der Waals surface area contributed by atoms with E-state index in [0.29, 0.717) is 0 Å². The van der Waals surface area contributed by atoms with Crippen molar-refractivity contribution < 1.29 is 4.74 Å². The molecule has 17 heavy (non-hydrogen) atoms. The van der Waals surface area contributed by atoms with Crippen molar-refractivity contribution in [1.82, 2.24) is 14.6 Å². The lowest BCUT2D eigenvalue weighted by molar-refractivity contribution is 0.122. The van der Waals surface area contributed by atoms with Gasteiger partial charge in [0.15, 0.2) is 5.65 Å². The van der Waals surface area contributed by atoms with Gasteiger partial charge < -0.3 is 9.64 Å². The topological polar surface area (TPSA) is 42.7 Å². The van der Waals surface area contributed by atoms with Crippen molar-refractivity contribution in [2.75, 3.05) is 31.2 Å². The SMILES string of the molecule is Clc1nc2ccc(N3CCOCC3)c(Br)n2n1. The average molecular weight is 318 g/mol. The summed E-state index contributed by atoms with van der Waals surface area (Å²) in [7, 11) is 0. The summed E-state index contributed by atoms with van der Waals surface area (Å²) < 4.78 is 7.91. The number of ether oxygens (including phenoxy) is 1. The Bertz CT molecular complexity index is 552. The number of nitrogens with zero attached hydrogens (tertiary/aromatic N) is 4. The number of rotatable bonds is 1. The smallest absolute Gasteiger partial charge is 0.243 e.